The maximum atomic E-state index is 6.04. The molecule has 2 aliphatic rings. The van der Waals surface area contributed by atoms with E-state index in [4.69, 9.17) is 9.47 Å². The van der Waals surface area contributed by atoms with Gasteiger partial charge in [-0.15, -0.1) is 0 Å². The van der Waals surface area contributed by atoms with Crippen molar-refractivity contribution in [2.75, 3.05) is 6.61 Å². The molecule has 1 aromatic carbocycles. The Morgan fingerprint density at radius 1 is 1.07 bits per heavy atom. The quantitative estimate of drug-likeness (QED) is 0.647. The fraction of sp³-hybridized carbons (Fsp3) is 0.538. The first-order valence-corrected chi connectivity index (χ1v) is 5.79. The normalized spacial score (nSPS) is 29.6. The summed E-state index contributed by atoms with van der Waals surface area (Å²) in [6, 6.07) is 8.29. The van der Waals surface area contributed by atoms with Gasteiger partial charge in [-0.1, -0.05) is 18.2 Å². The molecule has 3 rings (SSSR count). The number of ether oxygens (including phenoxy) is 2. The highest BCUT2D eigenvalue weighted by Crippen LogP contribution is 2.38. The first-order valence-electron chi connectivity index (χ1n) is 5.79. The van der Waals surface area contributed by atoms with Crippen LogP contribution < -0.4 is 4.74 Å². The van der Waals surface area contributed by atoms with Crippen LogP contribution in [0.15, 0.2) is 24.3 Å². The molecule has 0 aromatic heterocycles. The van der Waals surface area contributed by atoms with Crippen molar-refractivity contribution in [2.24, 2.45) is 0 Å². The first-order chi connectivity index (χ1) is 7.38. The van der Waals surface area contributed by atoms with Gasteiger partial charge in [-0.25, -0.2) is 0 Å². The largest absolute Gasteiger partial charge is 0.462 e. The predicted octanol–water partition coefficient (Wildman–Crippen LogP) is 2.91. The minimum Gasteiger partial charge on any atom is -0.462 e. The van der Waals surface area contributed by atoms with Gasteiger partial charge in [0.25, 0.3) is 0 Å². The lowest BCUT2D eigenvalue weighted by atomic mass is 9.94. The molecular formula is C13H16O2. The van der Waals surface area contributed by atoms with Gasteiger partial charge in [-0.05, 0) is 30.9 Å². The molecule has 0 N–H and O–H groups in total. The van der Waals surface area contributed by atoms with E-state index in [1.807, 2.05) is 12.1 Å². The van der Waals surface area contributed by atoms with Gasteiger partial charge in [0, 0.05) is 12.8 Å². The highest BCUT2D eigenvalue weighted by atomic mass is 16.7. The molecule has 2 nitrogen and oxygen atoms in total. The Kier molecular flexibility index (Phi) is 2.17. The molecule has 1 unspecified atom stereocenters. The third-order valence-corrected chi connectivity index (χ3v) is 3.36. The summed E-state index contributed by atoms with van der Waals surface area (Å²) in [6.45, 7) is 0.849. The van der Waals surface area contributed by atoms with Crippen LogP contribution in [0, 0.1) is 0 Å². The molecule has 2 aliphatic heterocycles. The Labute approximate surface area is 90.2 Å². The van der Waals surface area contributed by atoms with Gasteiger partial charge in [0.05, 0.1) is 6.61 Å². The van der Waals surface area contributed by atoms with E-state index < -0.39 is 0 Å². The summed E-state index contributed by atoms with van der Waals surface area (Å²) in [4.78, 5) is 0. The molecule has 1 fully saturated rings. The number of rotatable bonds is 0. The standard InChI is InChI=1S/C13H16O2/c1-2-6-12-11(5-1)7-9-13(15-12)8-3-4-10-14-13/h1-2,5-6H,3-4,7-10H2. The molecule has 0 bridgehead atoms. The van der Waals surface area contributed by atoms with Crippen molar-refractivity contribution in [3.8, 4) is 5.75 Å². The lowest BCUT2D eigenvalue weighted by Crippen LogP contribution is -2.44. The SMILES string of the molecule is c1ccc2c(c1)CCC1(CCCCO1)O2. The molecule has 0 aliphatic carbocycles. The van der Waals surface area contributed by atoms with Crippen molar-refractivity contribution < 1.29 is 9.47 Å². The number of para-hydroxylation sites is 1. The molecule has 80 valence electrons. The van der Waals surface area contributed by atoms with Gasteiger partial charge in [-0.3, -0.25) is 0 Å². The smallest absolute Gasteiger partial charge is 0.210 e. The third-order valence-electron chi connectivity index (χ3n) is 3.36. The van der Waals surface area contributed by atoms with Crippen LogP contribution in [0.4, 0.5) is 0 Å². The van der Waals surface area contributed by atoms with Crippen LogP contribution in [-0.2, 0) is 11.2 Å². The molecule has 2 heteroatoms. The van der Waals surface area contributed by atoms with Crippen LogP contribution in [-0.4, -0.2) is 12.4 Å². The minimum absolute atomic E-state index is 0.299. The Morgan fingerprint density at radius 3 is 2.87 bits per heavy atom. The van der Waals surface area contributed by atoms with Gasteiger partial charge in [0.2, 0.25) is 5.79 Å². The highest BCUT2D eigenvalue weighted by molar-refractivity contribution is 5.35. The van der Waals surface area contributed by atoms with E-state index in [-0.39, 0.29) is 5.79 Å². The third kappa shape index (κ3) is 1.63. The molecule has 15 heavy (non-hydrogen) atoms. The molecule has 1 aromatic rings. The number of hydrogen-bond donors (Lipinski definition) is 0. The number of fused-ring (bicyclic) bond motifs is 1. The van der Waals surface area contributed by atoms with Gasteiger partial charge >= 0.3 is 0 Å². The number of hydrogen-bond acceptors (Lipinski definition) is 2. The fourth-order valence-electron chi connectivity index (χ4n) is 2.49. The lowest BCUT2D eigenvalue weighted by molar-refractivity contribution is -0.214. The zero-order chi connectivity index (χ0) is 10.1. The summed E-state index contributed by atoms with van der Waals surface area (Å²) in [5.74, 6) is 0.720. The maximum Gasteiger partial charge on any atom is 0.210 e. The van der Waals surface area contributed by atoms with E-state index in [1.54, 1.807) is 0 Å². The minimum atomic E-state index is -0.299. The molecule has 0 saturated carbocycles. The van der Waals surface area contributed by atoms with Crippen molar-refractivity contribution >= 4 is 0 Å². The Morgan fingerprint density at radius 2 is 2.00 bits per heavy atom. The van der Waals surface area contributed by atoms with Crippen LogP contribution in [0.25, 0.3) is 0 Å². The Hall–Kier alpha value is -1.02. The van der Waals surface area contributed by atoms with Crippen molar-refractivity contribution in [3.05, 3.63) is 29.8 Å². The van der Waals surface area contributed by atoms with Gasteiger partial charge < -0.3 is 9.47 Å². The molecule has 1 spiro atoms. The maximum absolute atomic E-state index is 6.04. The fourth-order valence-corrected chi connectivity index (χ4v) is 2.49. The predicted molar refractivity (Wildman–Crippen MR) is 57.9 cm³/mol. The molecule has 0 amide bonds. The second kappa shape index (κ2) is 3.53. The Bertz CT molecular complexity index is 353. The molecule has 2 heterocycles. The topological polar surface area (TPSA) is 18.5 Å². The first kappa shape index (κ1) is 9.22. The van der Waals surface area contributed by atoms with E-state index in [0.29, 0.717) is 0 Å². The summed E-state index contributed by atoms with van der Waals surface area (Å²) in [5.41, 5.74) is 1.32. The number of benzene rings is 1. The second-order valence-electron chi connectivity index (χ2n) is 4.43. The van der Waals surface area contributed by atoms with Crippen molar-refractivity contribution in [1.82, 2.24) is 0 Å². The van der Waals surface area contributed by atoms with Crippen LogP contribution in [0.2, 0.25) is 0 Å². The second-order valence-corrected chi connectivity index (χ2v) is 4.43. The van der Waals surface area contributed by atoms with Crippen molar-refractivity contribution in [3.63, 3.8) is 0 Å². The summed E-state index contributed by atoms with van der Waals surface area (Å²) in [7, 11) is 0. The molecule has 1 atom stereocenters. The van der Waals surface area contributed by atoms with Crippen LogP contribution in [0.1, 0.15) is 31.2 Å². The van der Waals surface area contributed by atoms with E-state index in [0.717, 1.165) is 31.6 Å². The van der Waals surface area contributed by atoms with Crippen LogP contribution in [0.5, 0.6) is 5.75 Å². The number of aryl methyl sites for hydroxylation is 1. The summed E-state index contributed by atoms with van der Waals surface area (Å²) < 4.78 is 11.9. The van der Waals surface area contributed by atoms with Crippen LogP contribution in [0.3, 0.4) is 0 Å². The van der Waals surface area contributed by atoms with Crippen LogP contribution >= 0.6 is 0 Å². The zero-order valence-electron chi connectivity index (χ0n) is 8.87. The average molecular weight is 204 g/mol. The Balaban J connectivity index is 1.87. The zero-order valence-corrected chi connectivity index (χ0v) is 8.87. The van der Waals surface area contributed by atoms with Crippen molar-refractivity contribution in [1.29, 1.82) is 0 Å². The van der Waals surface area contributed by atoms with Crippen molar-refractivity contribution in [2.45, 2.75) is 37.9 Å². The van der Waals surface area contributed by atoms with E-state index >= 15 is 0 Å². The molecule has 0 radical (unpaired) electrons. The van der Waals surface area contributed by atoms with Gasteiger partial charge in [0.15, 0.2) is 0 Å². The van der Waals surface area contributed by atoms with Gasteiger partial charge in [-0.2, -0.15) is 0 Å². The summed E-state index contributed by atoms with van der Waals surface area (Å²) >= 11 is 0. The monoisotopic (exact) mass is 204 g/mol. The molecule has 1 saturated heterocycles. The summed E-state index contributed by atoms with van der Waals surface area (Å²) in [6.07, 6.45) is 5.52. The average Bonchev–Trinajstić information content (AvgIpc) is 2.30. The van der Waals surface area contributed by atoms with E-state index in [9.17, 15) is 0 Å². The summed E-state index contributed by atoms with van der Waals surface area (Å²) in [5, 5.41) is 0. The van der Waals surface area contributed by atoms with E-state index in [2.05, 4.69) is 12.1 Å². The highest BCUT2D eigenvalue weighted by Gasteiger charge is 2.38. The lowest BCUT2D eigenvalue weighted by Gasteiger charge is -2.40. The van der Waals surface area contributed by atoms with Gasteiger partial charge in [0.1, 0.15) is 5.75 Å². The van der Waals surface area contributed by atoms with E-state index in [1.165, 1.54) is 18.4 Å². The molecular weight excluding hydrogens is 188 g/mol.